The summed E-state index contributed by atoms with van der Waals surface area (Å²) >= 11 is 0. The molecule has 3 heteroatoms. The van der Waals surface area contributed by atoms with Crippen molar-refractivity contribution in [1.82, 2.24) is 0 Å². The number of hydrogen-bond donors (Lipinski definition) is 0. The van der Waals surface area contributed by atoms with Crippen LogP contribution in [-0.2, 0) is 0 Å². The van der Waals surface area contributed by atoms with E-state index in [1.54, 1.807) is 0 Å². The summed E-state index contributed by atoms with van der Waals surface area (Å²) in [6.45, 7) is 0. The van der Waals surface area contributed by atoms with Gasteiger partial charge in [0.25, 0.3) is 0 Å². The van der Waals surface area contributed by atoms with Gasteiger partial charge in [0, 0.05) is 11.5 Å². The maximum absolute atomic E-state index is 12.7. The molecule has 1 saturated carbocycles. The van der Waals surface area contributed by atoms with Crippen LogP contribution in [0.5, 0.6) is 0 Å². The summed E-state index contributed by atoms with van der Waals surface area (Å²) in [6.07, 6.45) is 1.75. The Kier molecular flexibility index (Phi) is 1.87. The fourth-order valence-electron chi connectivity index (χ4n) is 1.23. The minimum Gasteiger partial charge on any atom is -0.294 e. The fourth-order valence-corrected chi connectivity index (χ4v) is 1.23. The molecular formula is C10H8F2O. The van der Waals surface area contributed by atoms with E-state index in [4.69, 9.17) is 0 Å². The number of carbonyl (C=O) groups excluding carboxylic acids is 1. The van der Waals surface area contributed by atoms with Crippen molar-refractivity contribution in [1.29, 1.82) is 0 Å². The predicted molar refractivity (Wildman–Crippen MR) is 43.4 cm³/mol. The van der Waals surface area contributed by atoms with Crippen LogP contribution >= 0.6 is 0 Å². The second-order valence-electron chi connectivity index (χ2n) is 3.27. The van der Waals surface area contributed by atoms with Gasteiger partial charge in [-0.2, -0.15) is 0 Å². The molecule has 0 aliphatic heterocycles. The molecule has 0 heterocycles. The van der Waals surface area contributed by atoms with E-state index in [1.807, 2.05) is 0 Å². The largest absolute Gasteiger partial charge is 0.294 e. The van der Waals surface area contributed by atoms with E-state index in [0.717, 1.165) is 25.0 Å². The summed E-state index contributed by atoms with van der Waals surface area (Å²) in [5, 5.41) is 0. The monoisotopic (exact) mass is 182 g/mol. The zero-order valence-corrected chi connectivity index (χ0v) is 6.89. The highest BCUT2D eigenvalue weighted by Crippen LogP contribution is 2.32. The van der Waals surface area contributed by atoms with Crippen molar-refractivity contribution in [2.24, 2.45) is 5.92 Å². The van der Waals surface area contributed by atoms with Crippen LogP contribution < -0.4 is 0 Å². The van der Waals surface area contributed by atoms with E-state index in [0.29, 0.717) is 0 Å². The van der Waals surface area contributed by atoms with Crippen molar-refractivity contribution < 1.29 is 13.6 Å². The van der Waals surface area contributed by atoms with Crippen molar-refractivity contribution in [3.8, 4) is 0 Å². The molecule has 1 aliphatic carbocycles. The van der Waals surface area contributed by atoms with Crippen LogP contribution in [-0.4, -0.2) is 5.78 Å². The van der Waals surface area contributed by atoms with Crippen LogP contribution in [0.2, 0.25) is 0 Å². The number of hydrogen-bond acceptors (Lipinski definition) is 1. The Bertz CT molecular complexity index is 356. The van der Waals surface area contributed by atoms with Crippen LogP contribution in [0.4, 0.5) is 8.78 Å². The molecule has 1 aromatic rings. The smallest absolute Gasteiger partial charge is 0.166 e. The van der Waals surface area contributed by atoms with Crippen LogP contribution in [0.15, 0.2) is 18.2 Å². The van der Waals surface area contributed by atoms with E-state index in [9.17, 15) is 13.6 Å². The van der Waals surface area contributed by atoms with Gasteiger partial charge < -0.3 is 0 Å². The van der Waals surface area contributed by atoms with E-state index in [2.05, 4.69) is 0 Å². The van der Waals surface area contributed by atoms with Crippen molar-refractivity contribution in [2.45, 2.75) is 12.8 Å². The van der Waals surface area contributed by atoms with Gasteiger partial charge in [0.15, 0.2) is 17.4 Å². The lowest BCUT2D eigenvalue weighted by molar-refractivity contribution is 0.0967. The quantitative estimate of drug-likeness (QED) is 0.642. The minimum atomic E-state index is -0.952. The Morgan fingerprint density at radius 1 is 1.23 bits per heavy atom. The second-order valence-corrected chi connectivity index (χ2v) is 3.27. The highest BCUT2D eigenvalue weighted by atomic mass is 19.2. The van der Waals surface area contributed by atoms with Gasteiger partial charge in [-0.3, -0.25) is 4.79 Å². The van der Waals surface area contributed by atoms with Gasteiger partial charge in [0.05, 0.1) is 0 Å². The first-order valence-electron chi connectivity index (χ1n) is 4.18. The molecule has 0 N–H and O–H groups in total. The van der Waals surface area contributed by atoms with E-state index in [1.165, 1.54) is 6.07 Å². The number of rotatable bonds is 2. The molecule has 0 spiro atoms. The summed E-state index contributed by atoms with van der Waals surface area (Å²) in [5.74, 6) is -1.89. The molecule has 0 atom stereocenters. The molecule has 1 aliphatic rings. The molecule has 0 saturated heterocycles. The lowest BCUT2D eigenvalue weighted by Crippen LogP contribution is -2.02. The first-order chi connectivity index (χ1) is 6.18. The van der Waals surface area contributed by atoms with E-state index >= 15 is 0 Å². The van der Waals surface area contributed by atoms with Crippen molar-refractivity contribution in [2.75, 3.05) is 0 Å². The standard InChI is InChI=1S/C10H8F2O/c11-8-4-3-7(5-9(8)12)10(13)6-1-2-6/h3-6H,1-2H2. The Morgan fingerprint density at radius 2 is 1.92 bits per heavy atom. The predicted octanol–water partition coefficient (Wildman–Crippen LogP) is 2.56. The SMILES string of the molecule is O=C(c1ccc(F)c(F)c1)C1CC1. The second kappa shape index (κ2) is 2.91. The zero-order valence-electron chi connectivity index (χ0n) is 6.89. The van der Waals surface area contributed by atoms with E-state index < -0.39 is 11.6 Å². The average Bonchev–Trinajstić information content (AvgIpc) is 2.91. The van der Waals surface area contributed by atoms with Gasteiger partial charge >= 0.3 is 0 Å². The maximum Gasteiger partial charge on any atom is 0.166 e. The van der Waals surface area contributed by atoms with Crippen molar-refractivity contribution >= 4 is 5.78 Å². The molecule has 2 rings (SSSR count). The normalized spacial score (nSPS) is 15.8. The molecule has 0 unspecified atom stereocenters. The topological polar surface area (TPSA) is 17.1 Å². The summed E-state index contributed by atoms with van der Waals surface area (Å²) < 4.78 is 25.2. The molecule has 1 nitrogen and oxygen atoms in total. The Morgan fingerprint density at radius 3 is 2.46 bits per heavy atom. The zero-order chi connectivity index (χ0) is 9.42. The van der Waals surface area contributed by atoms with Crippen LogP contribution in [0.1, 0.15) is 23.2 Å². The number of ketones is 1. The molecule has 0 bridgehead atoms. The van der Waals surface area contributed by atoms with Gasteiger partial charge in [0.2, 0.25) is 0 Å². The first-order valence-corrected chi connectivity index (χ1v) is 4.18. The van der Waals surface area contributed by atoms with Crippen LogP contribution in [0.3, 0.4) is 0 Å². The summed E-state index contributed by atoms with van der Waals surface area (Å²) in [4.78, 5) is 11.4. The number of Topliss-reactive ketones (excluding diaryl/α,β-unsaturated/α-hetero) is 1. The third-order valence-electron chi connectivity index (χ3n) is 2.15. The van der Waals surface area contributed by atoms with Gasteiger partial charge in [-0.25, -0.2) is 8.78 Å². The Balaban J connectivity index is 2.30. The third-order valence-corrected chi connectivity index (χ3v) is 2.15. The summed E-state index contributed by atoms with van der Waals surface area (Å²) in [7, 11) is 0. The van der Waals surface area contributed by atoms with E-state index in [-0.39, 0.29) is 17.3 Å². The lowest BCUT2D eigenvalue weighted by Gasteiger charge is -1.98. The van der Waals surface area contributed by atoms with Gasteiger partial charge in [-0.05, 0) is 31.0 Å². The molecule has 1 fully saturated rings. The van der Waals surface area contributed by atoms with Gasteiger partial charge in [0.1, 0.15) is 0 Å². The highest BCUT2D eigenvalue weighted by molar-refractivity contribution is 5.99. The molecule has 68 valence electrons. The summed E-state index contributed by atoms with van der Waals surface area (Å²) in [6, 6.07) is 3.29. The molecule has 13 heavy (non-hydrogen) atoms. The number of carbonyl (C=O) groups is 1. The third kappa shape index (κ3) is 1.59. The molecule has 1 aromatic carbocycles. The van der Waals surface area contributed by atoms with Gasteiger partial charge in [-0.1, -0.05) is 0 Å². The lowest BCUT2D eigenvalue weighted by atomic mass is 10.1. The van der Waals surface area contributed by atoms with Crippen molar-refractivity contribution in [3.63, 3.8) is 0 Å². The highest BCUT2D eigenvalue weighted by Gasteiger charge is 2.30. The minimum absolute atomic E-state index is 0.0462. The average molecular weight is 182 g/mol. The first kappa shape index (κ1) is 8.35. The molecular weight excluding hydrogens is 174 g/mol. The molecule has 0 radical (unpaired) electrons. The maximum atomic E-state index is 12.7. The summed E-state index contributed by atoms with van der Waals surface area (Å²) in [5.41, 5.74) is 0.279. The number of benzene rings is 1. The van der Waals surface area contributed by atoms with Gasteiger partial charge in [-0.15, -0.1) is 0 Å². The fraction of sp³-hybridized carbons (Fsp3) is 0.300. The van der Waals surface area contributed by atoms with Crippen molar-refractivity contribution in [3.05, 3.63) is 35.4 Å². The Hall–Kier alpha value is -1.25. The molecule has 0 amide bonds. The van der Waals surface area contributed by atoms with Crippen LogP contribution in [0.25, 0.3) is 0 Å². The Labute approximate surface area is 74.4 Å². The molecule has 0 aromatic heterocycles. The van der Waals surface area contributed by atoms with Crippen LogP contribution in [0, 0.1) is 17.6 Å². The number of halogens is 2.